The van der Waals surface area contributed by atoms with Crippen molar-refractivity contribution >= 4 is 6.03 Å². The summed E-state index contributed by atoms with van der Waals surface area (Å²) in [7, 11) is 0. The highest BCUT2D eigenvalue weighted by Gasteiger charge is 2.25. The van der Waals surface area contributed by atoms with Crippen LogP contribution in [0.15, 0.2) is 0 Å². The summed E-state index contributed by atoms with van der Waals surface area (Å²) in [5.41, 5.74) is -0.378. The van der Waals surface area contributed by atoms with Gasteiger partial charge in [0.2, 0.25) is 0 Å². The monoisotopic (exact) mass is 210 g/mol. The summed E-state index contributed by atoms with van der Waals surface area (Å²) >= 11 is 0. The van der Waals surface area contributed by atoms with Crippen LogP contribution in [-0.2, 0) is 0 Å². The summed E-state index contributed by atoms with van der Waals surface area (Å²) in [5, 5.41) is 10.1. The molecule has 0 aromatic carbocycles. The molecule has 1 fully saturated rings. The lowest BCUT2D eigenvalue weighted by Gasteiger charge is -2.33. The number of amides is 2. The largest absolute Gasteiger partial charge is 0.334 e. The molecule has 1 rings (SSSR count). The molecule has 5 heteroatoms. The summed E-state index contributed by atoms with van der Waals surface area (Å²) < 4.78 is 0. The van der Waals surface area contributed by atoms with Crippen molar-refractivity contribution in [3.05, 3.63) is 0 Å². The molecule has 2 amide bonds. The molecule has 2 N–H and O–H groups in total. The van der Waals surface area contributed by atoms with E-state index in [1.54, 1.807) is 4.90 Å². The van der Waals surface area contributed by atoms with Gasteiger partial charge in [-0.05, 0) is 26.7 Å². The number of hydrogen-bond acceptors (Lipinski definition) is 3. The first-order valence-corrected chi connectivity index (χ1v) is 5.19. The molecular formula is C10H18N4O. The summed E-state index contributed by atoms with van der Waals surface area (Å²) in [6.07, 6.45) is 1.58. The first-order valence-electron chi connectivity index (χ1n) is 5.19. The van der Waals surface area contributed by atoms with Crippen molar-refractivity contribution in [2.24, 2.45) is 11.3 Å². The maximum Gasteiger partial charge on any atom is 0.334 e. The number of nitriles is 1. The fraction of sp³-hybridized carbons (Fsp3) is 0.800. The van der Waals surface area contributed by atoms with Gasteiger partial charge in [0.15, 0.2) is 0 Å². The lowest BCUT2D eigenvalue weighted by molar-refractivity contribution is 0.125. The third-order valence-corrected chi connectivity index (χ3v) is 2.65. The van der Waals surface area contributed by atoms with E-state index in [2.05, 4.69) is 6.07 Å². The second-order valence-corrected chi connectivity index (χ2v) is 4.56. The van der Waals surface area contributed by atoms with E-state index < -0.39 is 0 Å². The molecule has 0 aromatic heterocycles. The number of rotatable bonds is 3. The molecule has 1 aliphatic rings. The molecule has 0 spiro atoms. The Morgan fingerprint density at radius 1 is 1.53 bits per heavy atom. The van der Waals surface area contributed by atoms with Gasteiger partial charge in [-0.3, -0.25) is 5.01 Å². The molecule has 0 saturated carbocycles. The number of carbonyl (C=O) groups excluding carboxylic acids is 1. The van der Waals surface area contributed by atoms with Gasteiger partial charge in [-0.25, -0.2) is 10.6 Å². The fourth-order valence-electron chi connectivity index (χ4n) is 1.48. The highest BCUT2D eigenvalue weighted by Crippen LogP contribution is 2.20. The van der Waals surface area contributed by atoms with Gasteiger partial charge in [-0.15, -0.1) is 0 Å². The number of urea groups is 1. The molecule has 1 saturated heterocycles. The molecule has 0 unspecified atom stereocenters. The van der Waals surface area contributed by atoms with Crippen LogP contribution in [0.25, 0.3) is 0 Å². The van der Waals surface area contributed by atoms with Crippen LogP contribution < -0.4 is 5.84 Å². The molecule has 0 aliphatic carbocycles. The lowest BCUT2D eigenvalue weighted by Crippen LogP contribution is -2.52. The highest BCUT2D eigenvalue weighted by atomic mass is 16.2. The Hall–Kier alpha value is -1.28. The second kappa shape index (κ2) is 4.49. The van der Waals surface area contributed by atoms with Crippen molar-refractivity contribution in [3.8, 4) is 6.07 Å². The van der Waals surface area contributed by atoms with Gasteiger partial charge >= 0.3 is 6.03 Å². The lowest BCUT2D eigenvalue weighted by atomic mass is 9.91. The molecule has 5 nitrogen and oxygen atoms in total. The van der Waals surface area contributed by atoms with Crippen LogP contribution in [-0.4, -0.2) is 35.6 Å². The van der Waals surface area contributed by atoms with Gasteiger partial charge in [0, 0.05) is 19.6 Å². The minimum Gasteiger partial charge on any atom is -0.323 e. The van der Waals surface area contributed by atoms with E-state index in [0.29, 0.717) is 19.5 Å². The minimum absolute atomic E-state index is 0.130. The maximum atomic E-state index is 11.6. The topological polar surface area (TPSA) is 73.4 Å². The van der Waals surface area contributed by atoms with Crippen LogP contribution in [0.3, 0.4) is 0 Å². The van der Waals surface area contributed by atoms with E-state index >= 15 is 0 Å². The van der Waals surface area contributed by atoms with E-state index in [-0.39, 0.29) is 11.4 Å². The van der Waals surface area contributed by atoms with E-state index in [1.165, 1.54) is 5.01 Å². The van der Waals surface area contributed by atoms with E-state index in [0.717, 1.165) is 13.0 Å². The third-order valence-electron chi connectivity index (χ3n) is 2.65. The Balaban J connectivity index is 2.45. The Morgan fingerprint density at radius 2 is 2.20 bits per heavy atom. The van der Waals surface area contributed by atoms with E-state index in [4.69, 9.17) is 11.1 Å². The Morgan fingerprint density at radius 3 is 2.80 bits per heavy atom. The Kier molecular flexibility index (Phi) is 3.53. The summed E-state index contributed by atoms with van der Waals surface area (Å²) in [6, 6.07) is 2.09. The Bertz CT molecular complexity index is 282. The van der Waals surface area contributed by atoms with Crippen LogP contribution in [0.4, 0.5) is 4.79 Å². The second-order valence-electron chi connectivity index (χ2n) is 4.56. The van der Waals surface area contributed by atoms with Crippen LogP contribution in [0.5, 0.6) is 0 Å². The van der Waals surface area contributed by atoms with Crippen molar-refractivity contribution in [1.29, 1.82) is 5.26 Å². The molecule has 0 atom stereocenters. The van der Waals surface area contributed by atoms with Crippen LogP contribution >= 0.6 is 0 Å². The van der Waals surface area contributed by atoms with Crippen molar-refractivity contribution < 1.29 is 4.79 Å². The highest BCUT2D eigenvalue weighted by molar-refractivity contribution is 5.74. The first-order chi connectivity index (χ1) is 6.96. The molecule has 84 valence electrons. The third kappa shape index (κ3) is 3.10. The zero-order chi connectivity index (χ0) is 11.5. The molecule has 0 radical (unpaired) electrons. The van der Waals surface area contributed by atoms with Crippen molar-refractivity contribution in [2.45, 2.75) is 26.7 Å². The van der Waals surface area contributed by atoms with Gasteiger partial charge in [-0.2, -0.15) is 5.26 Å². The van der Waals surface area contributed by atoms with Crippen LogP contribution in [0.1, 0.15) is 26.7 Å². The predicted molar refractivity (Wildman–Crippen MR) is 56.5 cm³/mol. The van der Waals surface area contributed by atoms with Gasteiger partial charge < -0.3 is 4.90 Å². The van der Waals surface area contributed by atoms with Gasteiger partial charge in [0.05, 0.1) is 11.5 Å². The zero-order valence-corrected chi connectivity index (χ0v) is 9.36. The van der Waals surface area contributed by atoms with Gasteiger partial charge in [-0.1, -0.05) is 0 Å². The summed E-state index contributed by atoms with van der Waals surface area (Å²) in [4.78, 5) is 13.3. The smallest absolute Gasteiger partial charge is 0.323 e. The molecule has 1 heterocycles. The van der Waals surface area contributed by atoms with E-state index in [1.807, 2.05) is 13.8 Å². The van der Waals surface area contributed by atoms with Crippen molar-refractivity contribution in [3.63, 3.8) is 0 Å². The average molecular weight is 210 g/mol. The van der Waals surface area contributed by atoms with Crippen molar-refractivity contribution in [1.82, 2.24) is 9.91 Å². The quantitative estimate of drug-likeness (QED) is 0.556. The average Bonchev–Trinajstić information content (AvgIpc) is 2.20. The SMILES string of the molecule is CC(C)(C#N)CCN1CCCN(N)C1=O. The molecule has 15 heavy (non-hydrogen) atoms. The van der Waals surface area contributed by atoms with Gasteiger partial charge in [0.1, 0.15) is 0 Å². The number of nitrogens with zero attached hydrogens (tertiary/aromatic N) is 3. The predicted octanol–water partition coefficient (Wildman–Crippen LogP) is 0.928. The van der Waals surface area contributed by atoms with Crippen molar-refractivity contribution in [2.75, 3.05) is 19.6 Å². The zero-order valence-electron chi connectivity index (χ0n) is 9.36. The number of nitrogens with two attached hydrogens (primary N) is 1. The van der Waals surface area contributed by atoms with Crippen LogP contribution in [0, 0.1) is 16.7 Å². The summed E-state index contributed by atoms with van der Waals surface area (Å²) in [6.45, 7) is 5.72. The number of hydrogen-bond donors (Lipinski definition) is 1. The normalized spacial score (nSPS) is 17.9. The maximum absolute atomic E-state index is 11.6. The number of hydrazine groups is 1. The molecule has 1 aliphatic heterocycles. The molecular weight excluding hydrogens is 192 g/mol. The molecule has 0 aromatic rings. The molecule has 0 bridgehead atoms. The standard InChI is InChI=1S/C10H18N4O/c1-10(2,8-11)4-7-13-5-3-6-14(12)9(13)15/h3-7,12H2,1-2H3. The number of carbonyl (C=O) groups is 1. The van der Waals surface area contributed by atoms with E-state index in [9.17, 15) is 4.79 Å². The van der Waals surface area contributed by atoms with Crippen LogP contribution in [0.2, 0.25) is 0 Å². The van der Waals surface area contributed by atoms with Gasteiger partial charge in [0.25, 0.3) is 0 Å². The minimum atomic E-state index is -0.378. The summed E-state index contributed by atoms with van der Waals surface area (Å²) in [5.74, 6) is 5.52. The Labute approximate surface area is 90.4 Å². The fourth-order valence-corrected chi connectivity index (χ4v) is 1.48. The first kappa shape index (κ1) is 11.8.